The van der Waals surface area contributed by atoms with Crippen LogP contribution in [0.5, 0.6) is 11.5 Å². The van der Waals surface area contributed by atoms with Gasteiger partial charge in [-0.25, -0.2) is 4.98 Å². The molecule has 3 rings (SSSR count). The molecule has 0 unspecified atom stereocenters. The monoisotopic (exact) mass is 373 g/mol. The number of rotatable bonds is 6. The van der Waals surface area contributed by atoms with Gasteiger partial charge in [0.1, 0.15) is 11.3 Å². The first-order chi connectivity index (χ1) is 12.5. The Bertz CT molecular complexity index is 953. The number of pyridine rings is 1. The van der Waals surface area contributed by atoms with E-state index >= 15 is 0 Å². The molecule has 136 valence electrons. The van der Waals surface area contributed by atoms with Crippen molar-refractivity contribution >= 4 is 23.2 Å². The Morgan fingerprint density at radius 3 is 2.69 bits per heavy atom. The maximum Gasteiger partial charge on any atom is 0.270 e. The third-order valence-corrected chi connectivity index (χ3v) is 4.36. The van der Waals surface area contributed by atoms with E-state index in [0.29, 0.717) is 46.5 Å². The molecule has 0 aliphatic heterocycles. The van der Waals surface area contributed by atoms with Gasteiger partial charge in [-0.3, -0.25) is 9.20 Å². The Morgan fingerprint density at radius 1 is 1.19 bits per heavy atom. The van der Waals surface area contributed by atoms with E-state index in [9.17, 15) is 4.79 Å². The first-order valence-corrected chi connectivity index (χ1v) is 8.54. The maximum absolute atomic E-state index is 12.6. The van der Waals surface area contributed by atoms with Crippen molar-refractivity contribution in [3.05, 3.63) is 58.5 Å². The highest BCUT2D eigenvalue weighted by Crippen LogP contribution is 2.27. The quantitative estimate of drug-likeness (QED) is 0.720. The van der Waals surface area contributed by atoms with Gasteiger partial charge in [-0.2, -0.15) is 0 Å². The molecule has 0 saturated heterocycles. The van der Waals surface area contributed by atoms with Crippen molar-refractivity contribution in [1.29, 1.82) is 0 Å². The van der Waals surface area contributed by atoms with E-state index in [1.165, 1.54) is 0 Å². The fraction of sp³-hybridized carbons (Fsp3) is 0.263. The summed E-state index contributed by atoms with van der Waals surface area (Å²) in [4.78, 5) is 17.0. The lowest BCUT2D eigenvalue weighted by Gasteiger charge is -2.10. The van der Waals surface area contributed by atoms with Gasteiger partial charge in [-0.05, 0) is 37.1 Å². The lowest BCUT2D eigenvalue weighted by Crippen LogP contribution is -2.27. The molecule has 1 aromatic carbocycles. The normalized spacial score (nSPS) is 10.8. The Kier molecular flexibility index (Phi) is 5.32. The standard InChI is InChI=1S/C19H20ClN3O3/c1-12-18(23-9-7-14(20)11-17(23)22-12)19(24)21-8-6-13-4-5-15(25-2)16(10-13)26-3/h4-5,7,9-11H,6,8H2,1-3H3,(H,21,24). The number of aromatic nitrogens is 2. The largest absolute Gasteiger partial charge is 0.493 e. The number of aryl methyl sites for hydroxylation is 1. The smallest absolute Gasteiger partial charge is 0.270 e. The van der Waals surface area contributed by atoms with E-state index < -0.39 is 0 Å². The number of fused-ring (bicyclic) bond motifs is 1. The molecular formula is C19H20ClN3O3. The number of ether oxygens (including phenoxy) is 2. The second-order valence-corrected chi connectivity index (χ2v) is 6.25. The molecule has 2 heterocycles. The summed E-state index contributed by atoms with van der Waals surface area (Å²) in [5.41, 5.74) is 2.88. The summed E-state index contributed by atoms with van der Waals surface area (Å²) in [5, 5.41) is 3.53. The molecule has 0 fully saturated rings. The fourth-order valence-corrected chi connectivity index (χ4v) is 3.01. The van der Waals surface area contributed by atoms with E-state index in [1.54, 1.807) is 36.9 Å². The van der Waals surface area contributed by atoms with Crippen LogP contribution < -0.4 is 14.8 Å². The van der Waals surface area contributed by atoms with E-state index in [1.807, 2.05) is 25.1 Å². The number of carbonyl (C=O) groups is 1. The summed E-state index contributed by atoms with van der Waals surface area (Å²) in [6, 6.07) is 9.18. The molecule has 0 saturated carbocycles. The Balaban J connectivity index is 1.69. The van der Waals surface area contributed by atoms with Crippen molar-refractivity contribution in [3.63, 3.8) is 0 Å². The van der Waals surface area contributed by atoms with Crippen LogP contribution in [0.15, 0.2) is 36.5 Å². The predicted octanol–water partition coefficient (Wildman–Crippen LogP) is 3.29. The van der Waals surface area contributed by atoms with Crippen molar-refractivity contribution in [2.45, 2.75) is 13.3 Å². The number of imidazole rings is 1. The highest BCUT2D eigenvalue weighted by Gasteiger charge is 2.16. The lowest BCUT2D eigenvalue weighted by molar-refractivity contribution is 0.0947. The second kappa shape index (κ2) is 7.66. The zero-order chi connectivity index (χ0) is 18.7. The SMILES string of the molecule is COc1ccc(CCNC(=O)c2c(C)nc3cc(Cl)ccn23)cc1OC. The van der Waals surface area contributed by atoms with Crippen LogP contribution in [-0.2, 0) is 6.42 Å². The minimum absolute atomic E-state index is 0.169. The zero-order valence-corrected chi connectivity index (χ0v) is 15.6. The number of hydrogen-bond donors (Lipinski definition) is 1. The topological polar surface area (TPSA) is 64.9 Å². The van der Waals surface area contributed by atoms with Gasteiger partial charge in [0, 0.05) is 23.8 Å². The van der Waals surface area contributed by atoms with Gasteiger partial charge in [-0.1, -0.05) is 17.7 Å². The van der Waals surface area contributed by atoms with E-state index in [2.05, 4.69) is 10.3 Å². The minimum Gasteiger partial charge on any atom is -0.493 e. The first kappa shape index (κ1) is 18.1. The molecule has 0 spiro atoms. The third-order valence-electron chi connectivity index (χ3n) is 4.12. The summed E-state index contributed by atoms with van der Waals surface area (Å²) >= 11 is 5.98. The molecule has 7 heteroatoms. The summed E-state index contributed by atoms with van der Waals surface area (Å²) in [6.45, 7) is 2.30. The van der Waals surface area contributed by atoms with Gasteiger partial charge in [-0.15, -0.1) is 0 Å². The molecule has 1 amide bonds. The molecule has 0 atom stereocenters. The first-order valence-electron chi connectivity index (χ1n) is 8.16. The van der Waals surface area contributed by atoms with Gasteiger partial charge in [0.25, 0.3) is 5.91 Å². The van der Waals surface area contributed by atoms with Crippen molar-refractivity contribution < 1.29 is 14.3 Å². The Labute approximate surface area is 156 Å². The predicted molar refractivity (Wildman–Crippen MR) is 101 cm³/mol. The number of hydrogen-bond acceptors (Lipinski definition) is 4. The summed E-state index contributed by atoms with van der Waals surface area (Å²) in [6.07, 6.45) is 2.43. The zero-order valence-electron chi connectivity index (χ0n) is 14.9. The number of halogens is 1. The van der Waals surface area contributed by atoms with Gasteiger partial charge in [0.05, 0.1) is 19.9 Å². The van der Waals surface area contributed by atoms with Gasteiger partial charge < -0.3 is 14.8 Å². The van der Waals surface area contributed by atoms with Crippen LogP contribution in [0, 0.1) is 6.92 Å². The van der Waals surface area contributed by atoms with E-state index in [0.717, 1.165) is 5.56 Å². The summed E-state index contributed by atoms with van der Waals surface area (Å²) in [5.74, 6) is 1.18. The molecule has 0 aliphatic carbocycles. The molecule has 26 heavy (non-hydrogen) atoms. The highest BCUT2D eigenvalue weighted by molar-refractivity contribution is 6.30. The van der Waals surface area contributed by atoms with Gasteiger partial charge in [0.2, 0.25) is 0 Å². The second-order valence-electron chi connectivity index (χ2n) is 5.81. The van der Waals surface area contributed by atoms with Crippen LogP contribution in [-0.4, -0.2) is 36.1 Å². The molecule has 3 aromatic rings. The average Bonchev–Trinajstić information content (AvgIpc) is 2.96. The Hall–Kier alpha value is -2.73. The van der Waals surface area contributed by atoms with Crippen LogP contribution >= 0.6 is 11.6 Å². The number of carbonyl (C=O) groups excluding carboxylic acids is 1. The highest BCUT2D eigenvalue weighted by atomic mass is 35.5. The lowest BCUT2D eigenvalue weighted by atomic mass is 10.1. The third kappa shape index (κ3) is 3.60. The van der Waals surface area contributed by atoms with Crippen LogP contribution in [0.3, 0.4) is 0 Å². The maximum atomic E-state index is 12.6. The van der Waals surface area contributed by atoms with Crippen LogP contribution in [0.2, 0.25) is 5.02 Å². The van der Waals surface area contributed by atoms with Crippen LogP contribution in [0.25, 0.3) is 5.65 Å². The van der Waals surface area contributed by atoms with Crippen LogP contribution in [0.1, 0.15) is 21.7 Å². The molecule has 0 aliphatic rings. The number of benzene rings is 1. The number of methoxy groups -OCH3 is 2. The van der Waals surface area contributed by atoms with Gasteiger partial charge >= 0.3 is 0 Å². The van der Waals surface area contributed by atoms with Crippen molar-refractivity contribution in [2.75, 3.05) is 20.8 Å². The summed E-state index contributed by atoms with van der Waals surface area (Å²) < 4.78 is 12.3. The number of nitrogens with one attached hydrogen (secondary N) is 1. The molecule has 6 nitrogen and oxygen atoms in total. The molecular weight excluding hydrogens is 354 g/mol. The van der Waals surface area contributed by atoms with Crippen molar-refractivity contribution in [2.24, 2.45) is 0 Å². The average molecular weight is 374 g/mol. The minimum atomic E-state index is -0.169. The van der Waals surface area contributed by atoms with Crippen LogP contribution in [0.4, 0.5) is 0 Å². The fourth-order valence-electron chi connectivity index (χ4n) is 2.85. The molecule has 0 bridgehead atoms. The number of amides is 1. The number of nitrogens with zero attached hydrogens (tertiary/aromatic N) is 2. The van der Waals surface area contributed by atoms with E-state index in [-0.39, 0.29) is 5.91 Å². The van der Waals surface area contributed by atoms with E-state index in [4.69, 9.17) is 21.1 Å². The van der Waals surface area contributed by atoms with Crippen molar-refractivity contribution in [1.82, 2.24) is 14.7 Å². The Morgan fingerprint density at radius 2 is 1.96 bits per heavy atom. The summed E-state index contributed by atoms with van der Waals surface area (Å²) in [7, 11) is 3.20. The molecule has 0 radical (unpaired) electrons. The molecule has 1 N–H and O–H groups in total. The van der Waals surface area contributed by atoms with Gasteiger partial charge in [0.15, 0.2) is 11.5 Å². The van der Waals surface area contributed by atoms with Crippen molar-refractivity contribution in [3.8, 4) is 11.5 Å². The molecule has 2 aromatic heterocycles.